The van der Waals surface area contributed by atoms with Gasteiger partial charge in [0.1, 0.15) is 5.69 Å². The number of anilines is 1. The van der Waals surface area contributed by atoms with Crippen molar-refractivity contribution in [3.63, 3.8) is 0 Å². The number of aromatic nitrogens is 3. The van der Waals surface area contributed by atoms with Gasteiger partial charge < -0.3 is 4.57 Å². The summed E-state index contributed by atoms with van der Waals surface area (Å²) >= 11 is 9.37. The fourth-order valence-electron chi connectivity index (χ4n) is 2.79. The zero-order valence-electron chi connectivity index (χ0n) is 14.3. The lowest BCUT2D eigenvalue weighted by atomic mass is 10.2. The Hall–Kier alpha value is -2.35. The zero-order chi connectivity index (χ0) is 18.8. The topological polar surface area (TPSA) is 59.8 Å². The molecule has 27 heavy (non-hydrogen) atoms. The molecule has 1 N–H and O–H groups in total. The Morgan fingerprint density at radius 3 is 2.67 bits per heavy atom. The van der Waals surface area contributed by atoms with E-state index in [4.69, 9.17) is 11.6 Å². The largest absolute Gasteiger partial charge is 0.338 e. The number of carbonyl (C=O) groups excluding carboxylic acids is 1. The average molecular weight is 415 g/mol. The molecule has 136 valence electrons. The number of benzene rings is 2. The first kappa shape index (κ1) is 18.0. The van der Waals surface area contributed by atoms with Gasteiger partial charge in [0.25, 0.3) is 5.91 Å². The Morgan fingerprint density at radius 2 is 1.89 bits per heavy atom. The van der Waals surface area contributed by atoms with Crippen molar-refractivity contribution in [3.8, 4) is 0 Å². The molecule has 0 bridgehead atoms. The third-order valence-corrected chi connectivity index (χ3v) is 6.52. The molecule has 0 spiro atoms. The summed E-state index contributed by atoms with van der Waals surface area (Å²) in [7, 11) is 1.82. The molecular weight excluding hydrogens is 400 g/mol. The number of nitrogens with one attached hydrogen (secondary N) is 1. The van der Waals surface area contributed by atoms with Crippen LogP contribution in [0.1, 0.15) is 16.1 Å². The van der Waals surface area contributed by atoms with Gasteiger partial charge in [-0.25, -0.2) is 0 Å². The molecule has 0 atom stereocenters. The van der Waals surface area contributed by atoms with Crippen molar-refractivity contribution >= 4 is 56.6 Å². The maximum Gasteiger partial charge on any atom is 0.275 e. The molecular formula is C19H15ClN4OS2. The van der Waals surface area contributed by atoms with Crippen LogP contribution in [0.4, 0.5) is 5.13 Å². The van der Waals surface area contributed by atoms with Crippen LogP contribution in [0.2, 0.25) is 5.02 Å². The minimum absolute atomic E-state index is 0.297. The minimum Gasteiger partial charge on any atom is -0.338 e. The van der Waals surface area contributed by atoms with Crippen LogP contribution in [-0.4, -0.2) is 20.7 Å². The molecule has 5 nitrogen and oxygen atoms in total. The number of carbonyl (C=O) groups is 1. The van der Waals surface area contributed by atoms with E-state index in [2.05, 4.69) is 27.6 Å². The van der Waals surface area contributed by atoms with Crippen LogP contribution in [0.5, 0.6) is 0 Å². The number of halogens is 1. The van der Waals surface area contributed by atoms with E-state index in [0.29, 0.717) is 15.8 Å². The fourth-order valence-corrected chi connectivity index (χ4v) is 4.87. The second-order valence-corrected chi connectivity index (χ2v) is 8.42. The number of aryl methyl sites for hydroxylation is 1. The average Bonchev–Trinajstić information content (AvgIpc) is 3.24. The van der Waals surface area contributed by atoms with Crippen LogP contribution in [0.25, 0.3) is 10.9 Å². The van der Waals surface area contributed by atoms with Crippen molar-refractivity contribution in [3.05, 3.63) is 70.9 Å². The number of hydrogen-bond donors (Lipinski definition) is 1. The number of amides is 1. The van der Waals surface area contributed by atoms with Gasteiger partial charge in [0.05, 0.1) is 5.02 Å². The standard InChI is InChI=1S/C19H15ClN4OS2/c1-24-14-10-6-5-9-13(14)15(20)16(24)17(25)21-18-22-23-19(27-18)26-11-12-7-3-2-4-8-12/h2-10H,11H2,1H3,(H,21,22,25). The molecule has 0 aliphatic rings. The van der Waals surface area contributed by atoms with Gasteiger partial charge in [-0.1, -0.05) is 83.2 Å². The van der Waals surface area contributed by atoms with Gasteiger partial charge in [0, 0.05) is 23.7 Å². The van der Waals surface area contributed by atoms with Crippen molar-refractivity contribution in [2.24, 2.45) is 7.05 Å². The monoisotopic (exact) mass is 414 g/mol. The van der Waals surface area contributed by atoms with Crippen molar-refractivity contribution in [1.82, 2.24) is 14.8 Å². The zero-order valence-corrected chi connectivity index (χ0v) is 16.7. The van der Waals surface area contributed by atoms with Crippen molar-refractivity contribution in [2.75, 3.05) is 5.32 Å². The van der Waals surface area contributed by atoms with Crippen LogP contribution in [0.15, 0.2) is 58.9 Å². The molecule has 0 unspecified atom stereocenters. The third kappa shape index (κ3) is 3.71. The summed E-state index contributed by atoms with van der Waals surface area (Å²) in [6.45, 7) is 0. The normalized spacial score (nSPS) is 11.0. The molecule has 4 aromatic rings. The Labute approximate surface area is 169 Å². The lowest BCUT2D eigenvalue weighted by Crippen LogP contribution is -2.16. The first-order chi connectivity index (χ1) is 13.1. The molecule has 1 amide bonds. The number of rotatable bonds is 5. The summed E-state index contributed by atoms with van der Waals surface area (Å²) < 4.78 is 2.59. The Morgan fingerprint density at radius 1 is 1.15 bits per heavy atom. The summed E-state index contributed by atoms with van der Waals surface area (Å²) in [6, 6.07) is 17.8. The number of fused-ring (bicyclic) bond motifs is 1. The van der Waals surface area contributed by atoms with Crippen molar-refractivity contribution in [1.29, 1.82) is 0 Å². The summed E-state index contributed by atoms with van der Waals surface area (Å²) in [5, 5.41) is 12.8. The van der Waals surface area contributed by atoms with E-state index in [9.17, 15) is 4.79 Å². The Balaban J connectivity index is 1.49. The molecule has 0 saturated carbocycles. The highest BCUT2D eigenvalue weighted by Crippen LogP contribution is 2.32. The molecule has 0 saturated heterocycles. The minimum atomic E-state index is -0.297. The highest BCUT2D eigenvalue weighted by molar-refractivity contribution is 8.00. The molecule has 2 heterocycles. The van der Waals surface area contributed by atoms with E-state index < -0.39 is 0 Å². The fraction of sp³-hybridized carbons (Fsp3) is 0.105. The first-order valence-corrected chi connectivity index (χ1v) is 10.4. The van der Waals surface area contributed by atoms with Gasteiger partial charge >= 0.3 is 0 Å². The molecule has 2 aromatic heterocycles. The molecule has 0 fully saturated rings. The Kier molecular flexibility index (Phi) is 5.15. The van der Waals surface area contributed by atoms with E-state index in [1.165, 1.54) is 16.9 Å². The smallest absolute Gasteiger partial charge is 0.275 e. The maximum absolute atomic E-state index is 12.7. The van der Waals surface area contributed by atoms with Gasteiger partial charge in [-0.2, -0.15) is 0 Å². The lowest BCUT2D eigenvalue weighted by molar-refractivity contribution is 0.102. The lowest BCUT2D eigenvalue weighted by Gasteiger charge is -2.04. The third-order valence-electron chi connectivity index (χ3n) is 4.09. The van der Waals surface area contributed by atoms with Gasteiger partial charge in [-0.05, 0) is 11.6 Å². The Bertz CT molecular complexity index is 1070. The first-order valence-electron chi connectivity index (χ1n) is 8.18. The van der Waals surface area contributed by atoms with E-state index in [1.54, 1.807) is 16.3 Å². The van der Waals surface area contributed by atoms with Gasteiger partial charge in [0.15, 0.2) is 4.34 Å². The SMILES string of the molecule is Cn1c(C(=O)Nc2nnc(SCc3ccccc3)s2)c(Cl)c2ccccc21. The van der Waals surface area contributed by atoms with E-state index in [1.807, 2.05) is 49.5 Å². The van der Waals surface area contributed by atoms with Crippen molar-refractivity contribution in [2.45, 2.75) is 10.1 Å². The number of hydrogen-bond acceptors (Lipinski definition) is 5. The predicted molar refractivity (Wildman–Crippen MR) is 112 cm³/mol. The summed E-state index contributed by atoms with van der Waals surface area (Å²) in [6.07, 6.45) is 0. The summed E-state index contributed by atoms with van der Waals surface area (Å²) in [4.78, 5) is 12.7. The number of para-hydroxylation sites is 1. The number of thioether (sulfide) groups is 1. The van der Waals surface area contributed by atoms with Crippen LogP contribution in [0, 0.1) is 0 Å². The molecule has 8 heteroatoms. The van der Waals surface area contributed by atoms with E-state index >= 15 is 0 Å². The van der Waals surface area contributed by atoms with Crippen LogP contribution in [-0.2, 0) is 12.8 Å². The second-order valence-electron chi connectivity index (χ2n) is 5.84. The van der Waals surface area contributed by atoms with Crippen molar-refractivity contribution < 1.29 is 4.79 Å². The van der Waals surface area contributed by atoms with E-state index in [-0.39, 0.29) is 5.91 Å². The predicted octanol–water partition coefficient (Wildman–Crippen LogP) is 5.23. The van der Waals surface area contributed by atoms with Crippen LogP contribution >= 0.6 is 34.7 Å². The van der Waals surface area contributed by atoms with Gasteiger partial charge in [-0.15, -0.1) is 10.2 Å². The highest BCUT2D eigenvalue weighted by atomic mass is 35.5. The molecule has 2 aromatic carbocycles. The van der Waals surface area contributed by atoms with Gasteiger partial charge in [-0.3, -0.25) is 10.1 Å². The quantitative estimate of drug-likeness (QED) is 0.359. The van der Waals surface area contributed by atoms with Crippen LogP contribution in [0.3, 0.4) is 0 Å². The maximum atomic E-state index is 12.7. The molecule has 0 radical (unpaired) electrons. The summed E-state index contributed by atoms with van der Waals surface area (Å²) in [5.41, 5.74) is 2.53. The van der Waals surface area contributed by atoms with E-state index in [0.717, 1.165) is 21.0 Å². The summed E-state index contributed by atoms with van der Waals surface area (Å²) in [5.74, 6) is 0.507. The highest BCUT2D eigenvalue weighted by Gasteiger charge is 2.21. The second kappa shape index (κ2) is 7.72. The number of nitrogens with zero attached hydrogens (tertiary/aromatic N) is 3. The molecule has 0 aliphatic heterocycles. The van der Waals surface area contributed by atoms with Crippen LogP contribution < -0.4 is 5.32 Å². The molecule has 4 rings (SSSR count). The van der Waals surface area contributed by atoms with Gasteiger partial charge in [0.2, 0.25) is 5.13 Å². The molecule has 0 aliphatic carbocycles.